The molecule has 0 saturated heterocycles. The lowest BCUT2D eigenvalue weighted by Crippen LogP contribution is -2.47. The van der Waals surface area contributed by atoms with Crippen LogP contribution in [-0.2, 0) is 16.0 Å². The van der Waals surface area contributed by atoms with Gasteiger partial charge in [0.15, 0.2) is 0 Å². The van der Waals surface area contributed by atoms with Crippen molar-refractivity contribution in [2.24, 2.45) is 5.92 Å². The number of hydrogen-bond donors (Lipinski definition) is 1. The standard InChI is InChI=1S/C30H42BN3O3/c1-5-6-17-34(4)26-14-15-28(27(19-26)33(2)3)37-22-25(21-35)32-29(36)30(31)16-10-13-24(20-30)18-23-11-8-7-9-12-23/h7-9,11-12,14-15,19,21,24-25H,5-6,10,13,16-18,20,22H2,1-4H3,(H,32,36). The topological polar surface area (TPSA) is 61.9 Å². The first kappa shape index (κ1) is 28.6. The normalized spacial score (nSPS) is 20.1. The molecule has 0 bridgehead atoms. The molecule has 2 aromatic carbocycles. The first-order valence-electron chi connectivity index (χ1n) is 13.5. The van der Waals surface area contributed by atoms with E-state index in [1.54, 1.807) is 0 Å². The van der Waals surface area contributed by atoms with Crippen molar-refractivity contribution in [1.29, 1.82) is 0 Å². The predicted molar refractivity (Wildman–Crippen MR) is 153 cm³/mol. The number of nitrogens with zero attached hydrogens (tertiary/aromatic N) is 2. The molecule has 1 amide bonds. The Balaban J connectivity index is 1.61. The zero-order chi connectivity index (χ0) is 26.8. The average Bonchev–Trinajstić information content (AvgIpc) is 2.90. The Morgan fingerprint density at radius 1 is 1.22 bits per heavy atom. The zero-order valence-electron chi connectivity index (χ0n) is 22.9. The van der Waals surface area contributed by atoms with Gasteiger partial charge in [-0.1, -0.05) is 56.5 Å². The van der Waals surface area contributed by atoms with E-state index >= 15 is 0 Å². The molecule has 0 spiro atoms. The van der Waals surface area contributed by atoms with Crippen molar-refractivity contribution >= 4 is 31.4 Å². The number of rotatable bonds is 13. The van der Waals surface area contributed by atoms with Crippen molar-refractivity contribution in [2.75, 3.05) is 44.1 Å². The first-order valence-corrected chi connectivity index (χ1v) is 13.5. The molecule has 1 saturated carbocycles. The van der Waals surface area contributed by atoms with E-state index in [9.17, 15) is 9.59 Å². The van der Waals surface area contributed by atoms with Gasteiger partial charge in [-0.3, -0.25) is 4.79 Å². The van der Waals surface area contributed by atoms with Gasteiger partial charge < -0.3 is 24.6 Å². The van der Waals surface area contributed by atoms with Crippen LogP contribution in [0.5, 0.6) is 5.75 Å². The lowest BCUT2D eigenvalue weighted by atomic mass is 9.56. The van der Waals surface area contributed by atoms with Gasteiger partial charge in [0.1, 0.15) is 24.7 Å². The van der Waals surface area contributed by atoms with Crippen LogP contribution in [-0.4, -0.2) is 60.4 Å². The second kappa shape index (κ2) is 13.5. The third-order valence-corrected chi connectivity index (χ3v) is 7.32. The third kappa shape index (κ3) is 8.01. The SMILES string of the molecule is [B]C1(C(=O)NC(C=O)COc2ccc(N(C)CCCC)cc2N(C)C)CCCC(Cc2ccccc2)C1. The van der Waals surface area contributed by atoms with Gasteiger partial charge in [0, 0.05) is 38.7 Å². The number of amides is 1. The number of aldehydes is 1. The van der Waals surface area contributed by atoms with E-state index in [4.69, 9.17) is 12.6 Å². The van der Waals surface area contributed by atoms with Crippen LogP contribution in [0.15, 0.2) is 48.5 Å². The summed E-state index contributed by atoms with van der Waals surface area (Å²) >= 11 is 0. The van der Waals surface area contributed by atoms with Crippen molar-refractivity contribution in [3.05, 3.63) is 54.1 Å². The van der Waals surface area contributed by atoms with Crippen molar-refractivity contribution in [3.63, 3.8) is 0 Å². The number of benzene rings is 2. The summed E-state index contributed by atoms with van der Waals surface area (Å²) in [4.78, 5) is 29.3. The van der Waals surface area contributed by atoms with Crippen molar-refractivity contribution in [3.8, 4) is 5.75 Å². The highest BCUT2D eigenvalue weighted by Gasteiger charge is 2.38. The molecule has 3 rings (SSSR count). The average molecular weight is 503 g/mol. The van der Waals surface area contributed by atoms with Gasteiger partial charge in [-0.05, 0) is 55.4 Å². The van der Waals surface area contributed by atoms with Crippen LogP contribution in [0, 0.1) is 5.92 Å². The molecule has 37 heavy (non-hydrogen) atoms. The van der Waals surface area contributed by atoms with E-state index in [2.05, 4.69) is 42.4 Å². The number of carbonyl (C=O) groups is 2. The summed E-state index contributed by atoms with van der Waals surface area (Å²) in [5, 5.41) is 1.88. The molecular formula is C30H42BN3O3. The van der Waals surface area contributed by atoms with Crippen LogP contribution in [0.4, 0.5) is 11.4 Å². The molecule has 1 aliphatic rings. The van der Waals surface area contributed by atoms with Crippen LogP contribution < -0.4 is 19.9 Å². The molecule has 3 atom stereocenters. The van der Waals surface area contributed by atoms with Crippen molar-refractivity contribution in [2.45, 2.75) is 63.2 Å². The minimum absolute atomic E-state index is 0.0463. The van der Waals surface area contributed by atoms with Crippen LogP contribution >= 0.6 is 0 Å². The van der Waals surface area contributed by atoms with Gasteiger partial charge in [0.05, 0.1) is 13.5 Å². The number of unbranched alkanes of at least 4 members (excludes halogenated alkanes) is 1. The first-order chi connectivity index (χ1) is 17.8. The molecule has 0 aromatic heterocycles. The lowest BCUT2D eigenvalue weighted by Gasteiger charge is -2.38. The van der Waals surface area contributed by atoms with Crippen molar-refractivity contribution < 1.29 is 14.3 Å². The fraction of sp³-hybridized carbons (Fsp3) is 0.533. The molecular weight excluding hydrogens is 461 g/mol. The van der Waals surface area contributed by atoms with Crippen LogP contribution in [0.25, 0.3) is 0 Å². The molecule has 0 heterocycles. The van der Waals surface area contributed by atoms with Gasteiger partial charge in [-0.15, -0.1) is 0 Å². The summed E-state index contributed by atoms with van der Waals surface area (Å²) in [6.07, 6.45) is 7.09. The number of carbonyl (C=O) groups excluding carboxylic acids is 2. The molecule has 1 aliphatic carbocycles. The second-order valence-corrected chi connectivity index (χ2v) is 10.7. The summed E-state index contributed by atoms with van der Waals surface area (Å²) in [6.45, 7) is 3.21. The van der Waals surface area contributed by atoms with E-state index in [1.807, 2.05) is 49.3 Å². The minimum atomic E-state index is -0.974. The second-order valence-electron chi connectivity index (χ2n) is 10.7. The molecule has 198 valence electrons. The molecule has 6 nitrogen and oxygen atoms in total. The highest BCUT2D eigenvalue weighted by Crippen LogP contribution is 2.44. The smallest absolute Gasteiger partial charge is 0.218 e. The maximum absolute atomic E-state index is 13.2. The Morgan fingerprint density at radius 3 is 2.65 bits per heavy atom. The Kier molecular flexibility index (Phi) is 10.5. The van der Waals surface area contributed by atoms with Crippen LogP contribution in [0.1, 0.15) is 51.0 Å². The number of anilines is 2. The maximum Gasteiger partial charge on any atom is 0.218 e. The zero-order valence-corrected chi connectivity index (χ0v) is 22.9. The van der Waals surface area contributed by atoms with E-state index in [-0.39, 0.29) is 12.5 Å². The van der Waals surface area contributed by atoms with Gasteiger partial charge in [-0.25, -0.2) is 0 Å². The Bertz CT molecular complexity index is 1020. The highest BCUT2D eigenvalue weighted by atomic mass is 16.5. The Hall–Kier alpha value is -2.96. The van der Waals surface area contributed by atoms with Gasteiger partial charge >= 0.3 is 0 Å². The third-order valence-electron chi connectivity index (χ3n) is 7.32. The molecule has 0 aliphatic heterocycles. The van der Waals surface area contributed by atoms with Gasteiger partial charge in [0.2, 0.25) is 5.91 Å². The molecule has 7 heteroatoms. The summed E-state index contributed by atoms with van der Waals surface area (Å²) < 4.78 is 6.04. The van der Waals surface area contributed by atoms with Crippen LogP contribution in [0.3, 0.4) is 0 Å². The van der Waals surface area contributed by atoms with E-state index in [1.165, 1.54) is 5.56 Å². The minimum Gasteiger partial charge on any atom is -0.489 e. The highest BCUT2D eigenvalue weighted by molar-refractivity contribution is 6.28. The van der Waals surface area contributed by atoms with Crippen molar-refractivity contribution in [1.82, 2.24) is 5.32 Å². The number of hydrogen-bond acceptors (Lipinski definition) is 5. The molecule has 2 aromatic rings. The summed E-state index contributed by atoms with van der Waals surface area (Å²) in [6, 6.07) is 15.6. The van der Waals surface area contributed by atoms with Gasteiger partial charge in [-0.2, -0.15) is 0 Å². The molecule has 1 fully saturated rings. The lowest BCUT2D eigenvalue weighted by molar-refractivity contribution is -0.128. The predicted octanol–water partition coefficient (Wildman–Crippen LogP) is 4.81. The monoisotopic (exact) mass is 503 g/mol. The summed E-state index contributed by atoms with van der Waals surface area (Å²) in [5.74, 6) is 0.739. The fourth-order valence-electron chi connectivity index (χ4n) is 5.10. The molecule has 2 radical (unpaired) electrons. The maximum atomic E-state index is 13.2. The molecule has 1 N–H and O–H groups in total. The Morgan fingerprint density at radius 2 is 1.97 bits per heavy atom. The summed E-state index contributed by atoms with van der Waals surface area (Å²) in [7, 11) is 12.6. The number of nitrogens with one attached hydrogen (secondary N) is 1. The quantitative estimate of drug-likeness (QED) is 0.314. The fourth-order valence-corrected chi connectivity index (χ4v) is 5.10. The Labute approximate surface area is 224 Å². The largest absolute Gasteiger partial charge is 0.489 e. The molecule has 3 unspecified atom stereocenters. The van der Waals surface area contributed by atoms with E-state index < -0.39 is 11.4 Å². The van der Waals surface area contributed by atoms with Gasteiger partial charge in [0.25, 0.3) is 0 Å². The number of ether oxygens (including phenoxy) is 1. The van der Waals surface area contributed by atoms with Crippen LogP contribution in [0.2, 0.25) is 5.31 Å². The summed E-state index contributed by atoms with van der Waals surface area (Å²) in [5.41, 5.74) is 3.29. The van der Waals surface area contributed by atoms with E-state index in [0.717, 1.165) is 56.3 Å². The van der Waals surface area contributed by atoms with E-state index in [0.29, 0.717) is 24.5 Å².